The number of aliphatic hydroxyl groups is 1. The number of rotatable bonds is 5. The van der Waals surface area contributed by atoms with Crippen LogP contribution in [0.5, 0.6) is 11.5 Å². The number of nitrogens with two attached hydrogens (primary N) is 2. The van der Waals surface area contributed by atoms with E-state index in [1.165, 1.54) is 0 Å². The minimum atomic E-state index is -0.795. The monoisotopic (exact) mass is 240 g/mol. The predicted octanol–water partition coefficient (Wildman–Crippen LogP) is 0.332. The summed E-state index contributed by atoms with van der Waals surface area (Å²) < 4.78 is 10.4. The summed E-state index contributed by atoms with van der Waals surface area (Å²) in [5.41, 5.74) is 13.0. The average molecular weight is 240 g/mol. The SMILES string of the molecule is COc1cc(C)c(C(N)C(O)CN)c(OC)c1. The quantitative estimate of drug-likeness (QED) is 0.690. The Kier molecular flexibility index (Phi) is 4.74. The van der Waals surface area contributed by atoms with Gasteiger partial charge in [-0.15, -0.1) is 0 Å². The molecule has 0 saturated carbocycles. The van der Waals surface area contributed by atoms with Crippen LogP contribution in [0, 0.1) is 6.92 Å². The van der Waals surface area contributed by atoms with Crippen LogP contribution in [0.4, 0.5) is 0 Å². The zero-order valence-electron chi connectivity index (χ0n) is 10.4. The first-order valence-electron chi connectivity index (χ1n) is 5.41. The molecule has 0 spiro atoms. The molecule has 1 aromatic rings. The highest BCUT2D eigenvalue weighted by atomic mass is 16.5. The van der Waals surface area contributed by atoms with Crippen molar-refractivity contribution in [3.05, 3.63) is 23.3 Å². The van der Waals surface area contributed by atoms with Gasteiger partial charge in [0.05, 0.1) is 26.4 Å². The predicted molar refractivity (Wildman–Crippen MR) is 66.3 cm³/mol. The van der Waals surface area contributed by atoms with E-state index in [1.54, 1.807) is 20.3 Å². The van der Waals surface area contributed by atoms with Crippen LogP contribution in [0.1, 0.15) is 17.2 Å². The third kappa shape index (κ3) is 2.88. The number of hydrogen-bond donors (Lipinski definition) is 3. The average Bonchev–Trinajstić information content (AvgIpc) is 2.35. The number of methoxy groups -OCH3 is 2. The second kappa shape index (κ2) is 5.86. The van der Waals surface area contributed by atoms with Crippen LogP contribution in [-0.4, -0.2) is 32.0 Å². The van der Waals surface area contributed by atoms with Gasteiger partial charge in [0.2, 0.25) is 0 Å². The summed E-state index contributed by atoms with van der Waals surface area (Å²) >= 11 is 0. The number of benzene rings is 1. The van der Waals surface area contributed by atoms with Crippen molar-refractivity contribution in [1.29, 1.82) is 0 Å². The Morgan fingerprint density at radius 3 is 2.41 bits per heavy atom. The van der Waals surface area contributed by atoms with Gasteiger partial charge < -0.3 is 26.0 Å². The van der Waals surface area contributed by atoms with Crippen LogP contribution in [0.3, 0.4) is 0 Å². The largest absolute Gasteiger partial charge is 0.497 e. The van der Waals surface area contributed by atoms with E-state index in [-0.39, 0.29) is 6.54 Å². The van der Waals surface area contributed by atoms with E-state index >= 15 is 0 Å². The zero-order valence-corrected chi connectivity index (χ0v) is 10.4. The highest BCUT2D eigenvalue weighted by Crippen LogP contribution is 2.33. The maximum atomic E-state index is 9.71. The third-order valence-corrected chi connectivity index (χ3v) is 2.77. The summed E-state index contributed by atoms with van der Waals surface area (Å²) in [7, 11) is 3.14. The Balaban J connectivity index is 3.22. The maximum Gasteiger partial charge on any atom is 0.127 e. The van der Waals surface area contributed by atoms with Crippen molar-refractivity contribution in [1.82, 2.24) is 0 Å². The zero-order chi connectivity index (χ0) is 13.0. The van der Waals surface area contributed by atoms with Gasteiger partial charge in [-0.1, -0.05) is 0 Å². The molecule has 5 N–H and O–H groups in total. The molecule has 0 heterocycles. The van der Waals surface area contributed by atoms with Crippen LogP contribution in [-0.2, 0) is 0 Å². The van der Waals surface area contributed by atoms with E-state index in [1.807, 2.05) is 13.0 Å². The molecule has 5 nitrogen and oxygen atoms in total. The van der Waals surface area contributed by atoms with Crippen molar-refractivity contribution in [3.63, 3.8) is 0 Å². The van der Waals surface area contributed by atoms with E-state index in [2.05, 4.69) is 0 Å². The smallest absolute Gasteiger partial charge is 0.127 e. The van der Waals surface area contributed by atoms with Gasteiger partial charge in [0.25, 0.3) is 0 Å². The van der Waals surface area contributed by atoms with E-state index in [4.69, 9.17) is 20.9 Å². The first kappa shape index (κ1) is 13.8. The highest BCUT2D eigenvalue weighted by molar-refractivity contribution is 5.48. The molecule has 0 bridgehead atoms. The Bertz CT molecular complexity index is 382. The van der Waals surface area contributed by atoms with Crippen molar-refractivity contribution in [3.8, 4) is 11.5 Å². The van der Waals surface area contributed by atoms with Crippen molar-refractivity contribution in [2.45, 2.75) is 19.1 Å². The first-order valence-corrected chi connectivity index (χ1v) is 5.41. The molecule has 0 aliphatic rings. The van der Waals surface area contributed by atoms with Crippen LogP contribution >= 0.6 is 0 Å². The summed E-state index contributed by atoms with van der Waals surface area (Å²) in [6, 6.07) is 3.02. The number of ether oxygens (including phenoxy) is 2. The molecule has 0 amide bonds. The fraction of sp³-hybridized carbons (Fsp3) is 0.500. The molecule has 2 unspecified atom stereocenters. The van der Waals surface area contributed by atoms with Crippen LogP contribution in [0.25, 0.3) is 0 Å². The van der Waals surface area contributed by atoms with Crippen molar-refractivity contribution >= 4 is 0 Å². The molecule has 0 aliphatic heterocycles. The summed E-state index contributed by atoms with van der Waals surface area (Å²) in [5.74, 6) is 1.29. The lowest BCUT2D eigenvalue weighted by atomic mass is 9.96. The lowest BCUT2D eigenvalue weighted by molar-refractivity contribution is 0.151. The molecule has 2 atom stereocenters. The van der Waals surface area contributed by atoms with Crippen molar-refractivity contribution in [2.75, 3.05) is 20.8 Å². The molecular weight excluding hydrogens is 220 g/mol. The lowest BCUT2D eigenvalue weighted by Gasteiger charge is -2.22. The molecule has 0 aromatic heterocycles. The molecule has 5 heteroatoms. The summed E-state index contributed by atoms with van der Waals surface area (Å²) in [5, 5.41) is 9.71. The van der Waals surface area contributed by atoms with Gasteiger partial charge in [-0.2, -0.15) is 0 Å². The maximum absolute atomic E-state index is 9.71. The van der Waals surface area contributed by atoms with Gasteiger partial charge >= 0.3 is 0 Å². The lowest BCUT2D eigenvalue weighted by Crippen LogP contribution is -2.33. The molecule has 0 radical (unpaired) electrons. The number of hydrogen-bond acceptors (Lipinski definition) is 5. The molecule has 96 valence electrons. The van der Waals surface area contributed by atoms with Crippen molar-refractivity contribution < 1.29 is 14.6 Å². The topological polar surface area (TPSA) is 90.7 Å². The Hall–Kier alpha value is -1.30. The van der Waals surface area contributed by atoms with Gasteiger partial charge in [0, 0.05) is 18.2 Å². The summed E-state index contributed by atoms with van der Waals surface area (Å²) in [4.78, 5) is 0. The summed E-state index contributed by atoms with van der Waals surface area (Å²) in [6.07, 6.45) is -0.795. The van der Waals surface area contributed by atoms with Crippen molar-refractivity contribution in [2.24, 2.45) is 11.5 Å². The standard InChI is InChI=1S/C12H20N2O3/c1-7-4-8(16-2)5-10(17-3)11(7)12(14)9(15)6-13/h4-5,9,12,15H,6,13-14H2,1-3H3. The van der Waals surface area contributed by atoms with Gasteiger partial charge in [-0.05, 0) is 18.6 Å². The number of aryl methyl sites for hydroxylation is 1. The molecule has 17 heavy (non-hydrogen) atoms. The van der Waals surface area contributed by atoms with E-state index in [9.17, 15) is 5.11 Å². The molecule has 0 aliphatic carbocycles. The van der Waals surface area contributed by atoms with Gasteiger partial charge in [0.15, 0.2) is 0 Å². The normalized spacial score (nSPS) is 14.2. The Morgan fingerprint density at radius 2 is 1.94 bits per heavy atom. The van der Waals surface area contributed by atoms with Crippen LogP contribution < -0.4 is 20.9 Å². The number of aliphatic hydroxyl groups excluding tert-OH is 1. The molecule has 1 rings (SSSR count). The van der Waals surface area contributed by atoms with Gasteiger partial charge in [0.1, 0.15) is 11.5 Å². The van der Waals surface area contributed by atoms with Crippen LogP contribution in [0.2, 0.25) is 0 Å². The minimum absolute atomic E-state index is 0.107. The van der Waals surface area contributed by atoms with E-state index < -0.39 is 12.1 Å². The molecule has 1 aromatic carbocycles. The Labute approximate surface area is 101 Å². The fourth-order valence-corrected chi connectivity index (χ4v) is 1.79. The van der Waals surface area contributed by atoms with E-state index in [0.717, 1.165) is 11.1 Å². The van der Waals surface area contributed by atoms with Gasteiger partial charge in [-0.25, -0.2) is 0 Å². The highest BCUT2D eigenvalue weighted by Gasteiger charge is 2.22. The second-order valence-corrected chi connectivity index (χ2v) is 3.89. The first-order chi connectivity index (χ1) is 8.04. The van der Waals surface area contributed by atoms with Gasteiger partial charge in [-0.3, -0.25) is 0 Å². The second-order valence-electron chi connectivity index (χ2n) is 3.89. The minimum Gasteiger partial charge on any atom is -0.497 e. The summed E-state index contributed by atoms with van der Waals surface area (Å²) in [6.45, 7) is 2.00. The molecular formula is C12H20N2O3. The molecule has 0 saturated heterocycles. The van der Waals surface area contributed by atoms with Crippen LogP contribution in [0.15, 0.2) is 12.1 Å². The third-order valence-electron chi connectivity index (χ3n) is 2.77. The Morgan fingerprint density at radius 1 is 1.29 bits per heavy atom. The molecule has 0 fully saturated rings. The fourth-order valence-electron chi connectivity index (χ4n) is 1.79. The van der Waals surface area contributed by atoms with E-state index in [0.29, 0.717) is 11.5 Å².